The number of hydrogen-bond acceptors (Lipinski definition) is 0. The summed E-state index contributed by atoms with van der Waals surface area (Å²) in [4.78, 5) is 0. The van der Waals surface area contributed by atoms with Crippen LogP contribution in [0.5, 0.6) is 0 Å². The van der Waals surface area contributed by atoms with Gasteiger partial charge < -0.3 is 0 Å². The van der Waals surface area contributed by atoms with Crippen molar-refractivity contribution in [2.24, 2.45) is 0 Å². The Morgan fingerprint density at radius 1 is 1.07 bits per heavy atom. The lowest BCUT2D eigenvalue weighted by Gasteiger charge is -2.19. The molecule has 0 aliphatic heterocycles. The van der Waals surface area contributed by atoms with Gasteiger partial charge >= 0.3 is 0 Å². The molecule has 0 unspecified atom stereocenters. The highest BCUT2D eigenvalue weighted by Crippen LogP contribution is 2.35. The van der Waals surface area contributed by atoms with Crippen molar-refractivity contribution in [2.75, 3.05) is 0 Å². The third-order valence-electron chi connectivity index (χ3n) is 3.72. The van der Waals surface area contributed by atoms with E-state index in [0.717, 1.165) is 0 Å². The first-order chi connectivity index (χ1) is 6.86. The Bertz CT molecular complexity index is 410. The van der Waals surface area contributed by atoms with Crippen molar-refractivity contribution in [1.82, 2.24) is 0 Å². The van der Waals surface area contributed by atoms with Crippen LogP contribution in [-0.2, 0) is 12.8 Å². The Hall–Kier alpha value is -1.04. The second-order valence-electron chi connectivity index (χ2n) is 4.50. The molecule has 1 aromatic carbocycles. The second-order valence-corrected chi connectivity index (χ2v) is 4.50. The Kier molecular flexibility index (Phi) is 1.76. The average molecular weight is 184 g/mol. The van der Waals surface area contributed by atoms with E-state index in [2.05, 4.69) is 25.1 Å². The van der Waals surface area contributed by atoms with E-state index in [0.29, 0.717) is 0 Å². The van der Waals surface area contributed by atoms with Crippen molar-refractivity contribution in [1.29, 1.82) is 0 Å². The van der Waals surface area contributed by atoms with Gasteiger partial charge in [0.1, 0.15) is 0 Å². The molecular formula is C14H16. The molecule has 0 nitrogen and oxygen atoms in total. The van der Waals surface area contributed by atoms with Crippen LogP contribution in [0.2, 0.25) is 0 Å². The standard InChI is InChI=1S/C14H16/c1-10-13-7-3-6-12(13)8-9-14(10)11-4-2-5-11/h4,8-9H,2-3,5-7H2,1H3. The molecule has 0 heterocycles. The van der Waals surface area contributed by atoms with Crippen molar-refractivity contribution in [2.45, 2.75) is 39.0 Å². The average Bonchev–Trinajstić information content (AvgIpc) is 2.55. The van der Waals surface area contributed by atoms with Crippen molar-refractivity contribution >= 4 is 5.57 Å². The largest absolute Gasteiger partial charge is 0.0804 e. The molecule has 14 heavy (non-hydrogen) atoms. The lowest BCUT2D eigenvalue weighted by atomic mass is 9.86. The van der Waals surface area contributed by atoms with E-state index in [1.54, 1.807) is 22.3 Å². The van der Waals surface area contributed by atoms with Crippen LogP contribution in [0.15, 0.2) is 18.2 Å². The van der Waals surface area contributed by atoms with Gasteiger partial charge in [0.15, 0.2) is 0 Å². The lowest BCUT2D eigenvalue weighted by molar-refractivity contribution is 0.908. The molecule has 1 aromatic rings. The molecule has 0 N–H and O–H groups in total. The first-order valence-electron chi connectivity index (χ1n) is 5.67. The molecule has 0 amide bonds. The molecule has 2 aliphatic carbocycles. The van der Waals surface area contributed by atoms with Crippen LogP contribution in [0.3, 0.4) is 0 Å². The van der Waals surface area contributed by atoms with Crippen LogP contribution in [-0.4, -0.2) is 0 Å². The van der Waals surface area contributed by atoms with Crippen molar-refractivity contribution < 1.29 is 0 Å². The van der Waals surface area contributed by atoms with Crippen molar-refractivity contribution in [3.05, 3.63) is 40.5 Å². The summed E-state index contributed by atoms with van der Waals surface area (Å²) in [7, 11) is 0. The van der Waals surface area contributed by atoms with E-state index < -0.39 is 0 Å². The van der Waals surface area contributed by atoms with Crippen molar-refractivity contribution in [3.8, 4) is 0 Å². The third kappa shape index (κ3) is 1.06. The fourth-order valence-corrected chi connectivity index (χ4v) is 2.73. The van der Waals surface area contributed by atoms with Crippen LogP contribution in [0.25, 0.3) is 5.57 Å². The molecule has 0 spiro atoms. The van der Waals surface area contributed by atoms with Crippen LogP contribution in [0.4, 0.5) is 0 Å². The number of aryl methyl sites for hydroxylation is 1. The van der Waals surface area contributed by atoms with E-state index in [-0.39, 0.29) is 0 Å². The molecule has 0 aromatic heterocycles. The Labute approximate surface area is 85.6 Å². The third-order valence-corrected chi connectivity index (χ3v) is 3.72. The Morgan fingerprint density at radius 2 is 1.93 bits per heavy atom. The van der Waals surface area contributed by atoms with Gasteiger partial charge in [0.05, 0.1) is 0 Å². The fourth-order valence-electron chi connectivity index (χ4n) is 2.73. The van der Waals surface area contributed by atoms with Gasteiger partial charge in [-0.2, -0.15) is 0 Å². The molecule has 0 atom stereocenters. The minimum Gasteiger partial charge on any atom is -0.0804 e. The van der Waals surface area contributed by atoms with Gasteiger partial charge in [-0.15, -0.1) is 0 Å². The predicted molar refractivity (Wildman–Crippen MR) is 60.4 cm³/mol. The summed E-state index contributed by atoms with van der Waals surface area (Å²) in [5.41, 5.74) is 7.92. The normalized spacial score (nSPS) is 18.8. The Balaban J connectivity index is 2.14. The topological polar surface area (TPSA) is 0 Å². The van der Waals surface area contributed by atoms with Gasteiger partial charge in [0.2, 0.25) is 0 Å². The predicted octanol–water partition coefficient (Wildman–Crippen LogP) is 3.66. The van der Waals surface area contributed by atoms with Crippen LogP contribution >= 0.6 is 0 Å². The van der Waals surface area contributed by atoms with Gasteiger partial charge in [-0.3, -0.25) is 0 Å². The minimum atomic E-state index is 1.28. The number of allylic oxidation sites excluding steroid dienone is 2. The summed E-state index contributed by atoms with van der Waals surface area (Å²) in [5.74, 6) is 0. The number of benzene rings is 1. The van der Waals surface area contributed by atoms with E-state index in [1.807, 2.05) is 0 Å². The smallest absolute Gasteiger partial charge is 0.0195 e. The van der Waals surface area contributed by atoms with Crippen LogP contribution in [0.1, 0.15) is 41.5 Å². The molecule has 0 saturated heterocycles. The highest BCUT2D eigenvalue weighted by atomic mass is 14.2. The van der Waals surface area contributed by atoms with Gasteiger partial charge in [-0.05, 0) is 66.9 Å². The molecule has 2 aliphatic rings. The van der Waals surface area contributed by atoms with Gasteiger partial charge in [-0.25, -0.2) is 0 Å². The molecule has 0 saturated carbocycles. The number of hydrogen-bond donors (Lipinski definition) is 0. The minimum absolute atomic E-state index is 1.28. The van der Waals surface area contributed by atoms with E-state index in [1.165, 1.54) is 37.7 Å². The second kappa shape index (κ2) is 2.98. The number of fused-ring (bicyclic) bond motifs is 1. The van der Waals surface area contributed by atoms with E-state index in [9.17, 15) is 0 Å². The molecule has 0 bridgehead atoms. The SMILES string of the molecule is Cc1c(C2=CCC2)ccc2c1CCC2. The molecule has 72 valence electrons. The summed E-state index contributed by atoms with van der Waals surface area (Å²) in [5, 5.41) is 0. The van der Waals surface area contributed by atoms with Crippen LogP contribution in [0, 0.1) is 6.92 Å². The molecule has 0 fully saturated rings. The zero-order valence-electron chi connectivity index (χ0n) is 8.77. The first-order valence-corrected chi connectivity index (χ1v) is 5.67. The summed E-state index contributed by atoms with van der Waals surface area (Å²) in [6, 6.07) is 4.69. The monoisotopic (exact) mass is 184 g/mol. The summed E-state index contributed by atoms with van der Waals surface area (Å²) in [6.07, 6.45) is 8.92. The molecular weight excluding hydrogens is 168 g/mol. The van der Waals surface area contributed by atoms with Gasteiger partial charge in [0.25, 0.3) is 0 Å². The van der Waals surface area contributed by atoms with Gasteiger partial charge in [0, 0.05) is 0 Å². The molecule has 3 rings (SSSR count). The highest BCUT2D eigenvalue weighted by Gasteiger charge is 2.18. The van der Waals surface area contributed by atoms with E-state index in [4.69, 9.17) is 0 Å². The molecule has 0 heteroatoms. The maximum Gasteiger partial charge on any atom is -0.0195 e. The zero-order valence-corrected chi connectivity index (χ0v) is 8.77. The Morgan fingerprint density at radius 3 is 2.64 bits per heavy atom. The quantitative estimate of drug-likeness (QED) is 0.625. The first kappa shape index (κ1) is 8.28. The fraction of sp³-hybridized carbons (Fsp3) is 0.429. The van der Waals surface area contributed by atoms with Crippen LogP contribution < -0.4 is 0 Å². The zero-order chi connectivity index (χ0) is 9.54. The summed E-state index contributed by atoms with van der Waals surface area (Å²) in [6.45, 7) is 2.30. The summed E-state index contributed by atoms with van der Waals surface area (Å²) < 4.78 is 0. The lowest BCUT2D eigenvalue weighted by Crippen LogP contribution is -1.99. The summed E-state index contributed by atoms with van der Waals surface area (Å²) >= 11 is 0. The van der Waals surface area contributed by atoms with E-state index >= 15 is 0 Å². The van der Waals surface area contributed by atoms with Crippen molar-refractivity contribution in [3.63, 3.8) is 0 Å². The number of rotatable bonds is 1. The maximum absolute atomic E-state index is 2.38. The molecule has 0 radical (unpaired) electrons. The maximum atomic E-state index is 2.38. The van der Waals surface area contributed by atoms with Gasteiger partial charge in [-0.1, -0.05) is 18.2 Å². The highest BCUT2D eigenvalue weighted by molar-refractivity contribution is 5.73.